The van der Waals surface area contributed by atoms with Crippen molar-refractivity contribution in [1.29, 1.82) is 0 Å². The highest BCUT2D eigenvalue weighted by Gasteiger charge is 2.04. The molecule has 0 spiro atoms. The quantitative estimate of drug-likeness (QED) is 0.266. The normalized spacial score (nSPS) is 10.7. The molecular weight excluding hydrogens is 484 g/mol. The van der Waals surface area contributed by atoms with Crippen LogP contribution in [0.5, 0.6) is 5.75 Å². The number of carbonyl (C=O) groups is 1. The molecule has 0 aliphatic carbocycles. The first-order valence-corrected chi connectivity index (χ1v) is 9.91. The van der Waals surface area contributed by atoms with E-state index in [-0.39, 0.29) is 12.4 Å². The van der Waals surface area contributed by atoms with E-state index < -0.39 is 6.03 Å². The minimum atomic E-state index is -0.416. The van der Waals surface area contributed by atoms with Crippen molar-refractivity contribution < 1.29 is 13.9 Å². The van der Waals surface area contributed by atoms with Crippen molar-refractivity contribution in [1.82, 2.24) is 5.43 Å². The molecule has 0 fully saturated rings. The lowest BCUT2D eigenvalue weighted by Gasteiger charge is -2.09. The van der Waals surface area contributed by atoms with E-state index in [1.54, 1.807) is 12.3 Å². The van der Waals surface area contributed by atoms with Crippen LogP contribution in [0.1, 0.15) is 16.7 Å². The molecule has 148 valence electrons. The van der Waals surface area contributed by atoms with Crippen LogP contribution < -0.4 is 15.5 Å². The van der Waals surface area contributed by atoms with Crippen molar-refractivity contribution in [3.05, 3.63) is 92.8 Å². The summed E-state index contributed by atoms with van der Waals surface area (Å²) in [6.45, 7) is 2.20. The van der Waals surface area contributed by atoms with Gasteiger partial charge in [0, 0.05) is 5.69 Å². The van der Waals surface area contributed by atoms with E-state index in [2.05, 4.69) is 38.4 Å². The van der Waals surface area contributed by atoms with Crippen molar-refractivity contribution in [3.63, 3.8) is 0 Å². The van der Waals surface area contributed by atoms with Gasteiger partial charge < -0.3 is 10.1 Å². The second-order valence-corrected chi connectivity index (χ2v) is 7.41. The molecule has 5 nitrogen and oxygen atoms in total. The number of nitrogens with one attached hydrogen (secondary N) is 2. The van der Waals surface area contributed by atoms with Crippen LogP contribution in [0, 0.1) is 16.3 Å². The molecule has 0 heterocycles. The molecule has 0 radical (unpaired) electrons. The number of hydrazone groups is 1. The van der Waals surface area contributed by atoms with Crippen LogP contribution in [-0.4, -0.2) is 12.2 Å². The summed E-state index contributed by atoms with van der Waals surface area (Å²) in [4.78, 5) is 11.9. The van der Waals surface area contributed by atoms with Gasteiger partial charge in [-0.25, -0.2) is 14.6 Å². The Morgan fingerprint density at radius 3 is 2.72 bits per heavy atom. The van der Waals surface area contributed by atoms with Crippen LogP contribution in [0.3, 0.4) is 0 Å². The van der Waals surface area contributed by atoms with Gasteiger partial charge in [0.1, 0.15) is 18.2 Å². The second kappa shape index (κ2) is 10.0. The predicted octanol–water partition coefficient (Wildman–Crippen LogP) is 5.47. The van der Waals surface area contributed by atoms with Crippen molar-refractivity contribution >= 4 is 40.5 Å². The van der Waals surface area contributed by atoms with Gasteiger partial charge in [-0.1, -0.05) is 30.3 Å². The number of anilines is 1. The van der Waals surface area contributed by atoms with Gasteiger partial charge in [-0.3, -0.25) is 0 Å². The lowest BCUT2D eigenvalue weighted by Crippen LogP contribution is -2.24. The Hall–Kier alpha value is -2.94. The molecule has 2 amide bonds. The van der Waals surface area contributed by atoms with E-state index >= 15 is 0 Å². The molecule has 0 atom stereocenters. The van der Waals surface area contributed by atoms with Gasteiger partial charge in [0.25, 0.3) is 0 Å². The second-order valence-electron chi connectivity index (χ2n) is 6.25. The van der Waals surface area contributed by atoms with Crippen molar-refractivity contribution in [3.8, 4) is 5.75 Å². The summed E-state index contributed by atoms with van der Waals surface area (Å²) in [6.07, 6.45) is 1.55. The summed E-state index contributed by atoms with van der Waals surface area (Å²) in [5.74, 6) is 0.406. The lowest BCUT2D eigenvalue weighted by atomic mass is 10.2. The Balaban J connectivity index is 1.54. The van der Waals surface area contributed by atoms with E-state index in [0.717, 1.165) is 25.9 Å². The first-order valence-electron chi connectivity index (χ1n) is 8.84. The maximum atomic E-state index is 13.2. The van der Waals surface area contributed by atoms with Crippen LogP contribution in [-0.2, 0) is 6.61 Å². The predicted molar refractivity (Wildman–Crippen MR) is 121 cm³/mol. The summed E-state index contributed by atoms with van der Waals surface area (Å²) < 4.78 is 19.9. The first-order chi connectivity index (χ1) is 14.0. The number of rotatable bonds is 6. The van der Waals surface area contributed by atoms with E-state index in [0.29, 0.717) is 5.75 Å². The smallest absolute Gasteiger partial charge is 0.339 e. The molecule has 0 saturated carbocycles. The first kappa shape index (κ1) is 20.8. The molecule has 3 aromatic rings. The van der Waals surface area contributed by atoms with E-state index in [9.17, 15) is 9.18 Å². The number of hydrogen-bond acceptors (Lipinski definition) is 3. The summed E-state index contributed by atoms with van der Waals surface area (Å²) >= 11 is 2.16. The number of urea groups is 1. The largest absolute Gasteiger partial charge is 0.488 e. The number of amides is 2. The Labute approximate surface area is 182 Å². The fourth-order valence-electron chi connectivity index (χ4n) is 2.53. The zero-order valence-electron chi connectivity index (χ0n) is 15.7. The highest BCUT2D eigenvalue weighted by atomic mass is 127. The van der Waals surface area contributed by atoms with Crippen molar-refractivity contribution in [2.75, 3.05) is 5.32 Å². The summed E-state index contributed by atoms with van der Waals surface area (Å²) in [7, 11) is 0. The monoisotopic (exact) mass is 503 g/mol. The molecular formula is C22H19FIN3O2. The molecule has 29 heavy (non-hydrogen) atoms. The van der Waals surface area contributed by atoms with Crippen molar-refractivity contribution in [2.45, 2.75) is 13.5 Å². The maximum Gasteiger partial charge on any atom is 0.339 e. The lowest BCUT2D eigenvalue weighted by molar-refractivity contribution is 0.252. The van der Waals surface area contributed by atoms with Crippen LogP contribution in [0.25, 0.3) is 0 Å². The number of halogens is 2. The third kappa shape index (κ3) is 6.28. The van der Waals surface area contributed by atoms with Crippen LogP contribution in [0.2, 0.25) is 0 Å². The van der Waals surface area contributed by atoms with E-state index in [1.807, 2.05) is 55.5 Å². The SMILES string of the molecule is Cc1ccccc1NC(=O)NN=Cc1ccc(OCc2cccc(F)c2)c(I)c1. The van der Waals surface area contributed by atoms with E-state index in [1.165, 1.54) is 12.1 Å². The molecule has 7 heteroatoms. The van der Waals surface area contributed by atoms with Gasteiger partial charge in [0.05, 0.1) is 9.78 Å². The number of nitrogens with zero attached hydrogens (tertiary/aromatic N) is 1. The van der Waals surface area contributed by atoms with E-state index in [4.69, 9.17) is 4.74 Å². The average molecular weight is 503 g/mol. The Morgan fingerprint density at radius 1 is 1.14 bits per heavy atom. The molecule has 3 rings (SSSR count). The molecule has 0 aromatic heterocycles. The number of para-hydroxylation sites is 1. The highest BCUT2D eigenvalue weighted by molar-refractivity contribution is 14.1. The highest BCUT2D eigenvalue weighted by Crippen LogP contribution is 2.23. The third-order valence-corrected chi connectivity index (χ3v) is 4.86. The molecule has 2 N–H and O–H groups in total. The van der Waals surface area contributed by atoms with Gasteiger partial charge >= 0.3 is 6.03 Å². The van der Waals surface area contributed by atoms with Gasteiger partial charge in [-0.2, -0.15) is 5.10 Å². The number of carbonyl (C=O) groups excluding carboxylic acids is 1. The Bertz CT molecular complexity index is 1040. The fourth-order valence-corrected chi connectivity index (χ4v) is 3.23. The molecule has 0 unspecified atom stereocenters. The standard InChI is InChI=1S/C22H19FIN3O2/c1-15-5-2-3-8-20(15)26-22(28)27-25-13-16-9-10-21(19(24)12-16)29-14-17-6-4-7-18(23)11-17/h2-13H,14H2,1H3,(H2,26,27,28). The average Bonchev–Trinajstić information content (AvgIpc) is 2.69. The number of ether oxygens (including phenoxy) is 1. The molecule has 0 bridgehead atoms. The third-order valence-electron chi connectivity index (χ3n) is 4.01. The van der Waals surface area contributed by atoms with Gasteiger partial charge in [0.15, 0.2) is 0 Å². The molecule has 0 saturated heterocycles. The maximum absolute atomic E-state index is 13.2. The summed E-state index contributed by atoms with van der Waals surface area (Å²) in [5.41, 5.74) is 5.71. The Morgan fingerprint density at radius 2 is 1.97 bits per heavy atom. The zero-order chi connectivity index (χ0) is 20.6. The molecule has 0 aliphatic heterocycles. The topological polar surface area (TPSA) is 62.7 Å². The molecule has 0 aliphatic rings. The minimum absolute atomic E-state index is 0.280. The van der Waals surface area contributed by atoms with Gasteiger partial charge in [0.2, 0.25) is 0 Å². The van der Waals surface area contributed by atoms with Crippen molar-refractivity contribution in [2.24, 2.45) is 5.10 Å². The van der Waals surface area contributed by atoms with Crippen LogP contribution >= 0.6 is 22.6 Å². The number of hydrogen-bond donors (Lipinski definition) is 2. The number of benzene rings is 3. The van der Waals surface area contributed by atoms with Crippen LogP contribution in [0.15, 0.2) is 71.8 Å². The fraction of sp³-hybridized carbons (Fsp3) is 0.0909. The summed E-state index contributed by atoms with van der Waals surface area (Å²) in [6, 6.07) is 18.9. The van der Waals surface area contributed by atoms with Crippen LogP contribution in [0.4, 0.5) is 14.9 Å². The Kier molecular flexibility index (Phi) is 7.18. The number of aryl methyl sites for hydroxylation is 1. The minimum Gasteiger partial charge on any atom is -0.488 e. The van der Waals surface area contributed by atoms with Gasteiger partial charge in [-0.05, 0) is 82.6 Å². The molecule has 3 aromatic carbocycles. The zero-order valence-corrected chi connectivity index (χ0v) is 17.8. The summed E-state index contributed by atoms with van der Waals surface area (Å²) in [5, 5.41) is 6.71. The van der Waals surface area contributed by atoms with Gasteiger partial charge in [-0.15, -0.1) is 0 Å².